The number of ether oxygens (including phenoxy) is 2. The van der Waals surface area contributed by atoms with Crippen molar-refractivity contribution < 1.29 is 9.47 Å². The quantitative estimate of drug-likeness (QED) is 0.740. The van der Waals surface area contributed by atoms with E-state index in [1.165, 1.54) is 0 Å². The van der Waals surface area contributed by atoms with Crippen LogP contribution in [0.2, 0.25) is 0 Å². The lowest BCUT2D eigenvalue weighted by atomic mass is 10.0. The van der Waals surface area contributed by atoms with Crippen LogP contribution in [0, 0.1) is 0 Å². The molecule has 1 unspecified atom stereocenters. The van der Waals surface area contributed by atoms with Crippen LogP contribution in [-0.2, 0) is 0 Å². The maximum absolute atomic E-state index is 5.90. The van der Waals surface area contributed by atoms with Gasteiger partial charge in [-0.05, 0) is 57.9 Å². The van der Waals surface area contributed by atoms with Crippen molar-refractivity contribution in [2.45, 2.75) is 59.1 Å². The molecule has 20 heavy (non-hydrogen) atoms. The van der Waals surface area contributed by atoms with Gasteiger partial charge in [0.2, 0.25) is 0 Å². The van der Waals surface area contributed by atoms with Crippen LogP contribution >= 0.6 is 0 Å². The predicted octanol–water partition coefficient (Wildman–Crippen LogP) is 4.02. The van der Waals surface area contributed by atoms with E-state index in [-0.39, 0.29) is 11.6 Å². The normalized spacial score (nSPS) is 13.1. The molecular weight excluding hydrogens is 250 g/mol. The molecule has 0 amide bonds. The summed E-state index contributed by atoms with van der Waals surface area (Å²) in [6, 6.07) is 7.85. The molecular formula is C17H29NO2. The van der Waals surface area contributed by atoms with Gasteiger partial charge in [0, 0.05) is 12.1 Å². The Balaban J connectivity index is 2.40. The van der Waals surface area contributed by atoms with Gasteiger partial charge in [0.05, 0.1) is 6.61 Å². The summed E-state index contributed by atoms with van der Waals surface area (Å²) < 4.78 is 11.4. The van der Waals surface area contributed by atoms with Gasteiger partial charge in [-0.3, -0.25) is 0 Å². The molecule has 1 rings (SSSR count). The highest BCUT2D eigenvalue weighted by Crippen LogP contribution is 2.19. The fourth-order valence-electron chi connectivity index (χ4n) is 1.65. The van der Waals surface area contributed by atoms with Crippen LogP contribution in [0.25, 0.3) is 0 Å². The predicted molar refractivity (Wildman–Crippen MR) is 84.7 cm³/mol. The highest BCUT2D eigenvalue weighted by molar-refractivity contribution is 5.31. The van der Waals surface area contributed by atoms with E-state index in [9.17, 15) is 0 Å². The van der Waals surface area contributed by atoms with Crippen LogP contribution < -0.4 is 14.8 Å². The first-order chi connectivity index (χ1) is 9.46. The Hall–Kier alpha value is -1.22. The molecule has 0 heterocycles. The first kappa shape index (κ1) is 16.8. The van der Waals surface area contributed by atoms with Crippen molar-refractivity contribution in [1.82, 2.24) is 5.32 Å². The average molecular weight is 279 g/mol. The number of benzene rings is 1. The Morgan fingerprint density at radius 3 is 2.25 bits per heavy atom. The van der Waals surface area contributed by atoms with Crippen molar-refractivity contribution in [3.63, 3.8) is 0 Å². The van der Waals surface area contributed by atoms with Crippen molar-refractivity contribution in [1.29, 1.82) is 0 Å². The van der Waals surface area contributed by atoms with E-state index < -0.39 is 0 Å². The molecule has 0 saturated heterocycles. The van der Waals surface area contributed by atoms with E-state index in [2.05, 4.69) is 39.9 Å². The highest BCUT2D eigenvalue weighted by atomic mass is 16.5. The SMILES string of the molecule is CCCOc1ccc(OC(C)CNC(C)(C)CC)cc1. The molecule has 3 heteroatoms. The van der Waals surface area contributed by atoms with Crippen LogP contribution in [0.1, 0.15) is 47.5 Å². The second-order valence-electron chi connectivity index (χ2n) is 5.87. The Morgan fingerprint density at radius 1 is 1.10 bits per heavy atom. The van der Waals surface area contributed by atoms with E-state index in [0.717, 1.165) is 37.5 Å². The summed E-state index contributed by atoms with van der Waals surface area (Å²) in [4.78, 5) is 0. The van der Waals surface area contributed by atoms with Gasteiger partial charge in [-0.1, -0.05) is 13.8 Å². The van der Waals surface area contributed by atoms with Gasteiger partial charge in [0.1, 0.15) is 17.6 Å². The molecule has 0 bridgehead atoms. The lowest BCUT2D eigenvalue weighted by molar-refractivity contribution is 0.198. The summed E-state index contributed by atoms with van der Waals surface area (Å²) in [6.45, 7) is 12.4. The number of hydrogen-bond acceptors (Lipinski definition) is 3. The minimum atomic E-state index is 0.142. The van der Waals surface area contributed by atoms with Crippen molar-refractivity contribution in [2.75, 3.05) is 13.2 Å². The Morgan fingerprint density at radius 2 is 1.70 bits per heavy atom. The van der Waals surface area contributed by atoms with Crippen LogP contribution in [0.4, 0.5) is 0 Å². The van der Waals surface area contributed by atoms with Crippen molar-refractivity contribution in [3.8, 4) is 11.5 Å². The number of nitrogens with one attached hydrogen (secondary N) is 1. The van der Waals surface area contributed by atoms with Crippen molar-refractivity contribution >= 4 is 0 Å². The summed E-state index contributed by atoms with van der Waals surface area (Å²) in [6.07, 6.45) is 2.26. The summed E-state index contributed by atoms with van der Waals surface area (Å²) in [7, 11) is 0. The summed E-state index contributed by atoms with van der Waals surface area (Å²) >= 11 is 0. The van der Waals surface area contributed by atoms with Crippen LogP contribution in [0.15, 0.2) is 24.3 Å². The molecule has 1 aromatic rings. The molecule has 1 N–H and O–H groups in total. The standard InChI is InChI=1S/C17H29NO2/c1-6-12-19-15-8-10-16(11-9-15)20-14(3)13-18-17(4,5)7-2/h8-11,14,18H,6-7,12-13H2,1-5H3. The zero-order chi connectivity index (χ0) is 15.0. The Labute approximate surface area is 123 Å². The van der Waals surface area contributed by atoms with E-state index in [4.69, 9.17) is 9.47 Å². The number of hydrogen-bond donors (Lipinski definition) is 1. The number of rotatable bonds is 9. The molecule has 0 aliphatic carbocycles. The van der Waals surface area contributed by atoms with Gasteiger partial charge in [-0.2, -0.15) is 0 Å². The van der Waals surface area contributed by atoms with Gasteiger partial charge >= 0.3 is 0 Å². The molecule has 0 spiro atoms. The van der Waals surface area contributed by atoms with Crippen LogP contribution in [0.3, 0.4) is 0 Å². The topological polar surface area (TPSA) is 30.5 Å². The third-order valence-corrected chi connectivity index (χ3v) is 3.39. The minimum absolute atomic E-state index is 0.142. The largest absolute Gasteiger partial charge is 0.494 e. The maximum atomic E-state index is 5.90. The zero-order valence-corrected chi connectivity index (χ0v) is 13.5. The van der Waals surface area contributed by atoms with Gasteiger partial charge in [0.15, 0.2) is 0 Å². The van der Waals surface area contributed by atoms with Gasteiger partial charge in [-0.15, -0.1) is 0 Å². The molecule has 0 saturated carbocycles. The molecule has 1 atom stereocenters. The lowest BCUT2D eigenvalue weighted by Crippen LogP contribution is -2.43. The highest BCUT2D eigenvalue weighted by Gasteiger charge is 2.15. The lowest BCUT2D eigenvalue weighted by Gasteiger charge is -2.27. The third kappa shape index (κ3) is 6.29. The summed E-state index contributed by atoms with van der Waals surface area (Å²) in [5.41, 5.74) is 0.162. The first-order valence-corrected chi connectivity index (χ1v) is 7.61. The van der Waals surface area contributed by atoms with Crippen molar-refractivity contribution in [2.24, 2.45) is 0 Å². The molecule has 3 nitrogen and oxygen atoms in total. The molecule has 0 radical (unpaired) electrons. The summed E-state index contributed by atoms with van der Waals surface area (Å²) in [5, 5.41) is 3.52. The van der Waals surface area contributed by atoms with Crippen LogP contribution in [0.5, 0.6) is 11.5 Å². The second kappa shape index (κ2) is 8.15. The molecule has 1 aromatic carbocycles. The van der Waals surface area contributed by atoms with E-state index in [0.29, 0.717) is 0 Å². The third-order valence-electron chi connectivity index (χ3n) is 3.39. The fourth-order valence-corrected chi connectivity index (χ4v) is 1.65. The van der Waals surface area contributed by atoms with Gasteiger partial charge < -0.3 is 14.8 Å². The molecule has 114 valence electrons. The van der Waals surface area contributed by atoms with Gasteiger partial charge in [0.25, 0.3) is 0 Å². The first-order valence-electron chi connectivity index (χ1n) is 7.61. The zero-order valence-electron chi connectivity index (χ0n) is 13.5. The van der Waals surface area contributed by atoms with E-state index in [1.807, 2.05) is 24.3 Å². The smallest absolute Gasteiger partial charge is 0.120 e. The Bertz CT molecular complexity index is 373. The minimum Gasteiger partial charge on any atom is -0.494 e. The monoisotopic (exact) mass is 279 g/mol. The van der Waals surface area contributed by atoms with Crippen molar-refractivity contribution in [3.05, 3.63) is 24.3 Å². The molecule has 0 aliphatic heterocycles. The second-order valence-corrected chi connectivity index (χ2v) is 5.87. The molecule has 0 aliphatic rings. The van der Waals surface area contributed by atoms with E-state index >= 15 is 0 Å². The summed E-state index contributed by atoms with van der Waals surface area (Å²) in [5.74, 6) is 1.79. The fraction of sp³-hybridized carbons (Fsp3) is 0.647. The average Bonchev–Trinajstić information content (AvgIpc) is 2.45. The Kier molecular flexibility index (Phi) is 6.86. The molecule has 0 aromatic heterocycles. The molecule has 0 fully saturated rings. The maximum Gasteiger partial charge on any atom is 0.120 e. The van der Waals surface area contributed by atoms with Gasteiger partial charge in [-0.25, -0.2) is 0 Å². The van der Waals surface area contributed by atoms with E-state index in [1.54, 1.807) is 0 Å². The van der Waals surface area contributed by atoms with Crippen LogP contribution in [-0.4, -0.2) is 24.8 Å².